The number of thiophene rings is 1. The average molecular weight is 481 g/mol. The lowest BCUT2D eigenvalue weighted by Crippen LogP contribution is -2.15. The second kappa shape index (κ2) is 8.07. The number of sulfone groups is 1. The molecule has 1 amide bonds. The van der Waals surface area contributed by atoms with E-state index >= 15 is 0 Å². The molecule has 0 aliphatic carbocycles. The van der Waals surface area contributed by atoms with Crippen molar-refractivity contribution in [2.24, 2.45) is 0 Å². The molecule has 9 heteroatoms. The van der Waals surface area contributed by atoms with Crippen molar-refractivity contribution in [3.8, 4) is 10.6 Å². The quantitative estimate of drug-likeness (QED) is 0.457. The van der Waals surface area contributed by atoms with Crippen LogP contribution in [0.2, 0.25) is 0 Å². The Bertz CT molecular complexity index is 1490. The van der Waals surface area contributed by atoms with Crippen LogP contribution in [0.3, 0.4) is 0 Å². The molecule has 0 bridgehead atoms. The zero-order chi connectivity index (χ0) is 23.3. The Labute approximate surface area is 196 Å². The molecule has 1 aliphatic heterocycles. The Kier molecular flexibility index (Phi) is 5.33. The number of nitrogens with one attached hydrogen (secondary N) is 1. The molecule has 33 heavy (non-hydrogen) atoms. The largest absolute Gasteiger partial charge is 0.322 e. The van der Waals surface area contributed by atoms with Crippen LogP contribution < -0.4 is 5.32 Å². The van der Waals surface area contributed by atoms with E-state index in [4.69, 9.17) is 4.98 Å². The molecule has 0 radical (unpaired) electrons. The number of nitrogens with zero attached hydrogens (tertiary/aromatic N) is 3. The minimum absolute atomic E-state index is 0.0398. The Morgan fingerprint density at radius 1 is 1.18 bits per heavy atom. The predicted octanol–water partition coefficient (Wildman–Crippen LogP) is 4.70. The van der Waals surface area contributed by atoms with Crippen LogP contribution in [0.25, 0.3) is 21.6 Å². The van der Waals surface area contributed by atoms with E-state index in [1.165, 1.54) is 11.3 Å². The van der Waals surface area contributed by atoms with Gasteiger partial charge in [-0.1, -0.05) is 18.2 Å². The first-order valence-corrected chi connectivity index (χ1v) is 13.5. The summed E-state index contributed by atoms with van der Waals surface area (Å²) in [6.07, 6.45) is 0.494. The van der Waals surface area contributed by atoms with E-state index in [-0.39, 0.29) is 23.5 Å². The lowest BCUT2D eigenvalue weighted by Gasteiger charge is -2.13. The smallest absolute Gasteiger partial charge is 0.256 e. The number of aryl methyl sites for hydroxylation is 2. The zero-order valence-corrected chi connectivity index (χ0v) is 20.3. The van der Waals surface area contributed by atoms with Gasteiger partial charge in [0.15, 0.2) is 15.5 Å². The molecule has 4 aromatic rings. The average Bonchev–Trinajstić information content (AvgIpc) is 3.50. The van der Waals surface area contributed by atoms with Gasteiger partial charge in [-0.05, 0) is 61.9 Å². The molecule has 5 rings (SSSR count). The Hall–Kier alpha value is -3.04. The number of carbonyl (C=O) groups excluding carboxylic acids is 1. The first kappa shape index (κ1) is 21.8. The summed E-state index contributed by atoms with van der Waals surface area (Å²) in [7, 11) is -3.10. The maximum atomic E-state index is 13.5. The maximum Gasteiger partial charge on any atom is 0.256 e. The van der Waals surface area contributed by atoms with Crippen molar-refractivity contribution in [2.45, 2.75) is 33.2 Å². The summed E-state index contributed by atoms with van der Waals surface area (Å²) in [6, 6.07) is 11.2. The monoisotopic (exact) mass is 480 g/mol. The lowest BCUT2D eigenvalue weighted by molar-refractivity contribution is 0.102. The highest BCUT2D eigenvalue weighted by Gasteiger charge is 2.32. The number of anilines is 1. The lowest BCUT2D eigenvalue weighted by atomic mass is 10.1. The number of benzene rings is 1. The van der Waals surface area contributed by atoms with Gasteiger partial charge in [0.05, 0.1) is 44.8 Å². The van der Waals surface area contributed by atoms with Gasteiger partial charge in [0, 0.05) is 5.69 Å². The van der Waals surface area contributed by atoms with Crippen LogP contribution >= 0.6 is 11.3 Å². The fourth-order valence-electron chi connectivity index (χ4n) is 4.34. The molecule has 1 unspecified atom stereocenters. The SMILES string of the molecule is Cc1cccc(NC(=O)c2cc(-c3cccs3)nc3c2c(C)nn3C2CCS(=O)(=O)C2)c1C. The molecule has 170 valence electrons. The third-order valence-electron chi connectivity index (χ3n) is 6.26. The van der Waals surface area contributed by atoms with E-state index in [1.54, 1.807) is 10.7 Å². The third kappa shape index (κ3) is 3.95. The van der Waals surface area contributed by atoms with Crippen molar-refractivity contribution >= 4 is 43.8 Å². The number of rotatable bonds is 4. The molecule has 1 atom stereocenters. The fourth-order valence-corrected chi connectivity index (χ4v) is 6.72. The van der Waals surface area contributed by atoms with Crippen LogP contribution in [-0.2, 0) is 9.84 Å². The van der Waals surface area contributed by atoms with E-state index in [0.717, 1.165) is 21.7 Å². The van der Waals surface area contributed by atoms with Crippen molar-refractivity contribution in [1.29, 1.82) is 0 Å². The summed E-state index contributed by atoms with van der Waals surface area (Å²) < 4.78 is 26.0. The standard InChI is InChI=1S/C24H24N4O3S2/c1-14-6-4-7-19(15(14)2)26-24(29)18-12-20(21-8-5-10-32-21)25-23-22(18)16(3)27-28(23)17-9-11-33(30,31)13-17/h4-8,10,12,17H,9,11,13H2,1-3H3,(H,26,29). The van der Waals surface area contributed by atoms with Crippen LogP contribution in [0, 0.1) is 20.8 Å². The summed E-state index contributed by atoms with van der Waals surface area (Å²) >= 11 is 1.54. The van der Waals surface area contributed by atoms with E-state index in [9.17, 15) is 13.2 Å². The van der Waals surface area contributed by atoms with Crippen LogP contribution in [0.5, 0.6) is 0 Å². The second-order valence-electron chi connectivity index (χ2n) is 8.52. The van der Waals surface area contributed by atoms with Gasteiger partial charge in [0.1, 0.15) is 0 Å². The minimum Gasteiger partial charge on any atom is -0.322 e. The molecule has 4 heterocycles. The highest BCUT2D eigenvalue weighted by Crippen LogP contribution is 2.33. The van der Waals surface area contributed by atoms with E-state index in [2.05, 4.69) is 10.4 Å². The van der Waals surface area contributed by atoms with Gasteiger partial charge >= 0.3 is 0 Å². The molecule has 0 saturated carbocycles. The van der Waals surface area contributed by atoms with Crippen molar-refractivity contribution in [1.82, 2.24) is 14.8 Å². The first-order valence-electron chi connectivity index (χ1n) is 10.8. The zero-order valence-electron chi connectivity index (χ0n) is 18.6. The second-order valence-corrected chi connectivity index (χ2v) is 11.7. The summed E-state index contributed by atoms with van der Waals surface area (Å²) in [5, 5.41) is 10.3. The normalized spacial score (nSPS) is 17.5. The molecular weight excluding hydrogens is 456 g/mol. The number of hydrogen-bond donors (Lipinski definition) is 1. The number of pyridine rings is 1. The number of carbonyl (C=O) groups is 1. The van der Waals surface area contributed by atoms with Crippen molar-refractivity contribution < 1.29 is 13.2 Å². The highest BCUT2D eigenvalue weighted by molar-refractivity contribution is 7.91. The number of fused-ring (bicyclic) bond motifs is 1. The van der Waals surface area contributed by atoms with Gasteiger partial charge < -0.3 is 5.32 Å². The number of aromatic nitrogens is 3. The molecule has 0 spiro atoms. The van der Waals surface area contributed by atoms with Gasteiger partial charge in [-0.15, -0.1) is 11.3 Å². The van der Waals surface area contributed by atoms with Crippen LogP contribution in [0.4, 0.5) is 5.69 Å². The first-order chi connectivity index (χ1) is 15.7. The molecule has 1 aromatic carbocycles. The van der Waals surface area contributed by atoms with E-state index < -0.39 is 9.84 Å². The molecule has 3 aromatic heterocycles. The summed E-state index contributed by atoms with van der Waals surface area (Å²) in [5.74, 6) is -0.0588. The van der Waals surface area contributed by atoms with Crippen LogP contribution in [0.1, 0.15) is 39.6 Å². The van der Waals surface area contributed by atoms with Gasteiger partial charge in [0.2, 0.25) is 0 Å². The number of amides is 1. The Morgan fingerprint density at radius 3 is 2.70 bits per heavy atom. The Morgan fingerprint density at radius 2 is 2.00 bits per heavy atom. The molecule has 1 fully saturated rings. The predicted molar refractivity (Wildman–Crippen MR) is 132 cm³/mol. The van der Waals surface area contributed by atoms with Crippen LogP contribution in [-0.4, -0.2) is 40.6 Å². The minimum atomic E-state index is -3.10. The topological polar surface area (TPSA) is 93.9 Å². The van der Waals surface area contributed by atoms with Gasteiger partial charge in [-0.25, -0.2) is 18.1 Å². The van der Waals surface area contributed by atoms with Gasteiger partial charge in [0.25, 0.3) is 5.91 Å². The summed E-state index contributed by atoms with van der Waals surface area (Å²) in [5.41, 5.74) is 5.22. The molecule has 1 N–H and O–H groups in total. The third-order valence-corrected chi connectivity index (χ3v) is 8.90. The van der Waals surface area contributed by atoms with Crippen molar-refractivity contribution in [3.63, 3.8) is 0 Å². The van der Waals surface area contributed by atoms with Crippen LogP contribution in [0.15, 0.2) is 41.8 Å². The van der Waals surface area contributed by atoms with Crippen molar-refractivity contribution in [2.75, 3.05) is 16.8 Å². The van der Waals surface area contributed by atoms with Crippen molar-refractivity contribution in [3.05, 3.63) is 64.2 Å². The maximum absolute atomic E-state index is 13.5. The molecule has 1 aliphatic rings. The summed E-state index contributed by atoms with van der Waals surface area (Å²) in [6.45, 7) is 5.83. The number of hydrogen-bond acceptors (Lipinski definition) is 6. The highest BCUT2D eigenvalue weighted by atomic mass is 32.2. The Balaban J connectivity index is 1.67. The molecular formula is C24H24N4O3S2. The summed E-state index contributed by atoms with van der Waals surface area (Å²) in [4.78, 5) is 19.3. The van der Waals surface area contributed by atoms with E-state index in [0.29, 0.717) is 34.4 Å². The van der Waals surface area contributed by atoms with E-state index in [1.807, 2.05) is 56.5 Å². The van der Waals surface area contributed by atoms with Gasteiger partial charge in [-0.3, -0.25) is 4.79 Å². The fraction of sp³-hybridized carbons (Fsp3) is 0.292. The van der Waals surface area contributed by atoms with Gasteiger partial charge in [-0.2, -0.15) is 5.10 Å². The molecule has 1 saturated heterocycles. The molecule has 7 nitrogen and oxygen atoms in total.